The van der Waals surface area contributed by atoms with Crippen molar-refractivity contribution < 1.29 is 4.74 Å². The maximum absolute atomic E-state index is 6.23. The lowest BCUT2D eigenvalue weighted by Gasteiger charge is -2.20. The number of halogens is 1. The number of thiophene rings is 1. The van der Waals surface area contributed by atoms with Crippen molar-refractivity contribution in [2.45, 2.75) is 33.3 Å². The molecule has 0 aliphatic rings. The van der Waals surface area contributed by atoms with Crippen LogP contribution in [0.5, 0.6) is 5.75 Å². The molecule has 2 rings (SSSR count). The van der Waals surface area contributed by atoms with Crippen molar-refractivity contribution in [1.29, 1.82) is 0 Å². The van der Waals surface area contributed by atoms with Gasteiger partial charge in [0.15, 0.2) is 0 Å². The Kier molecular flexibility index (Phi) is 4.46. The van der Waals surface area contributed by atoms with Gasteiger partial charge in [0.05, 0.1) is 4.88 Å². The molecule has 18 heavy (non-hydrogen) atoms. The summed E-state index contributed by atoms with van der Waals surface area (Å²) in [6.45, 7) is 6.35. The van der Waals surface area contributed by atoms with Crippen LogP contribution in [0.2, 0.25) is 0 Å². The molecule has 1 heterocycles. The first kappa shape index (κ1) is 13.6. The van der Waals surface area contributed by atoms with Gasteiger partial charge in [0, 0.05) is 4.47 Å². The van der Waals surface area contributed by atoms with Crippen LogP contribution in [0.4, 0.5) is 0 Å². The summed E-state index contributed by atoms with van der Waals surface area (Å²) in [4.78, 5) is 1.26. The summed E-state index contributed by atoms with van der Waals surface area (Å²) in [5, 5.41) is 2.09. The minimum Gasteiger partial charge on any atom is -0.484 e. The first-order valence-corrected chi connectivity index (χ1v) is 7.76. The van der Waals surface area contributed by atoms with E-state index >= 15 is 0 Å². The molecule has 1 aromatic carbocycles. The summed E-state index contributed by atoms with van der Waals surface area (Å²) in [5.74, 6) is 1.02. The van der Waals surface area contributed by atoms with E-state index in [2.05, 4.69) is 66.3 Å². The van der Waals surface area contributed by atoms with Crippen LogP contribution in [0.3, 0.4) is 0 Å². The highest BCUT2D eigenvalue weighted by molar-refractivity contribution is 9.10. The van der Waals surface area contributed by atoms with Crippen molar-refractivity contribution in [1.82, 2.24) is 0 Å². The van der Waals surface area contributed by atoms with E-state index in [0.717, 1.165) is 16.6 Å². The Morgan fingerprint density at radius 2 is 1.89 bits per heavy atom. The molecule has 0 spiro atoms. The Morgan fingerprint density at radius 3 is 2.39 bits per heavy atom. The minimum atomic E-state index is 0.124. The molecule has 0 saturated carbocycles. The van der Waals surface area contributed by atoms with Crippen molar-refractivity contribution in [2.75, 3.05) is 0 Å². The minimum absolute atomic E-state index is 0.124. The molecule has 0 aliphatic carbocycles. The van der Waals surface area contributed by atoms with Crippen molar-refractivity contribution in [3.63, 3.8) is 0 Å². The van der Waals surface area contributed by atoms with Crippen LogP contribution in [0.15, 0.2) is 34.1 Å². The lowest BCUT2D eigenvalue weighted by atomic mass is 10.1. The maximum Gasteiger partial charge on any atom is 0.134 e. The van der Waals surface area contributed by atoms with E-state index in [0.29, 0.717) is 0 Å². The van der Waals surface area contributed by atoms with Crippen LogP contribution in [-0.2, 0) is 0 Å². The van der Waals surface area contributed by atoms with Gasteiger partial charge in [-0.25, -0.2) is 0 Å². The summed E-state index contributed by atoms with van der Waals surface area (Å²) in [5.41, 5.74) is 2.39. The molecule has 0 amide bonds. The summed E-state index contributed by atoms with van der Waals surface area (Å²) < 4.78 is 7.37. The van der Waals surface area contributed by atoms with Crippen molar-refractivity contribution >= 4 is 27.3 Å². The molecule has 0 N–H and O–H groups in total. The van der Waals surface area contributed by atoms with Gasteiger partial charge in [-0.1, -0.05) is 25.1 Å². The van der Waals surface area contributed by atoms with Crippen LogP contribution in [0, 0.1) is 13.8 Å². The number of para-hydroxylation sites is 1. The Morgan fingerprint density at radius 1 is 1.22 bits per heavy atom. The van der Waals surface area contributed by atoms with E-state index in [1.807, 2.05) is 0 Å². The van der Waals surface area contributed by atoms with Crippen molar-refractivity contribution in [3.05, 3.63) is 50.1 Å². The predicted octanol–water partition coefficient (Wildman–Crippen LogP) is 5.66. The van der Waals surface area contributed by atoms with Gasteiger partial charge in [-0.2, -0.15) is 0 Å². The lowest BCUT2D eigenvalue weighted by Crippen LogP contribution is -2.07. The molecular formula is C15H17BrOS. The zero-order valence-electron chi connectivity index (χ0n) is 10.9. The third-order valence-electron chi connectivity index (χ3n) is 2.98. The van der Waals surface area contributed by atoms with Crippen LogP contribution in [0.1, 0.15) is 35.5 Å². The average molecular weight is 325 g/mol. The summed E-state index contributed by atoms with van der Waals surface area (Å²) in [7, 11) is 0. The Hall–Kier alpha value is -0.800. The zero-order valence-corrected chi connectivity index (χ0v) is 13.3. The van der Waals surface area contributed by atoms with Gasteiger partial charge in [0.1, 0.15) is 11.9 Å². The summed E-state index contributed by atoms with van der Waals surface area (Å²) in [6, 6.07) is 8.34. The predicted molar refractivity (Wildman–Crippen MR) is 81.6 cm³/mol. The fourth-order valence-electron chi connectivity index (χ4n) is 1.98. The molecule has 1 aromatic heterocycles. The molecular weight excluding hydrogens is 308 g/mol. The lowest BCUT2D eigenvalue weighted by molar-refractivity contribution is 0.201. The van der Waals surface area contributed by atoms with Crippen LogP contribution in [-0.4, -0.2) is 0 Å². The average Bonchev–Trinajstić information content (AvgIpc) is 2.76. The van der Waals surface area contributed by atoms with E-state index in [1.54, 1.807) is 11.3 Å². The Bertz CT molecular complexity index is 513. The molecule has 3 heteroatoms. The second-order valence-electron chi connectivity index (χ2n) is 4.37. The Balaban J connectivity index is 2.29. The quantitative estimate of drug-likeness (QED) is 0.705. The van der Waals surface area contributed by atoms with Gasteiger partial charge in [-0.3, -0.25) is 0 Å². The van der Waals surface area contributed by atoms with E-state index in [4.69, 9.17) is 4.74 Å². The highest BCUT2D eigenvalue weighted by Gasteiger charge is 2.17. The number of benzene rings is 1. The highest BCUT2D eigenvalue weighted by atomic mass is 79.9. The molecule has 1 unspecified atom stereocenters. The number of rotatable bonds is 4. The third kappa shape index (κ3) is 2.78. The van der Waals surface area contributed by atoms with Gasteiger partial charge in [0.2, 0.25) is 0 Å². The van der Waals surface area contributed by atoms with Crippen molar-refractivity contribution in [3.8, 4) is 5.75 Å². The largest absolute Gasteiger partial charge is 0.484 e. The monoisotopic (exact) mass is 324 g/mol. The molecule has 1 atom stereocenters. The van der Waals surface area contributed by atoms with E-state index in [9.17, 15) is 0 Å². The fourth-order valence-corrected chi connectivity index (χ4v) is 3.73. The first-order valence-electron chi connectivity index (χ1n) is 6.09. The van der Waals surface area contributed by atoms with E-state index in [1.165, 1.54) is 16.0 Å². The number of hydrogen-bond donors (Lipinski definition) is 0. The summed E-state index contributed by atoms with van der Waals surface area (Å²) in [6.07, 6.45) is 1.09. The van der Waals surface area contributed by atoms with Crippen molar-refractivity contribution in [2.24, 2.45) is 0 Å². The second kappa shape index (κ2) is 5.89. The van der Waals surface area contributed by atoms with Crippen LogP contribution in [0.25, 0.3) is 0 Å². The molecule has 2 aromatic rings. The molecule has 0 bridgehead atoms. The van der Waals surface area contributed by atoms with Gasteiger partial charge >= 0.3 is 0 Å². The second-order valence-corrected chi connectivity index (χ2v) is 6.17. The van der Waals surface area contributed by atoms with Gasteiger partial charge in [0.25, 0.3) is 0 Å². The molecule has 0 radical (unpaired) electrons. The van der Waals surface area contributed by atoms with Gasteiger partial charge < -0.3 is 4.74 Å². The molecule has 0 saturated heterocycles. The standard InChI is InChI=1S/C15H17BrOS/c1-4-13(15-12(16)8-9-18-15)17-14-10(2)6-5-7-11(14)3/h5-9,13H,4H2,1-3H3. The SMILES string of the molecule is CCC(Oc1c(C)cccc1C)c1sccc1Br. The molecule has 1 nitrogen and oxygen atoms in total. The topological polar surface area (TPSA) is 9.23 Å². The number of aryl methyl sites for hydroxylation is 2. The molecule has 96 valence electrons. The first-order chi connectivity index (χ1) is 8.63. The highest BCUT2D eigenvalue weighted by Crippen LogP contribution is 2.36. The van der Waals surface area contributed by atoms with E-state index < -0.39 is 0 Å². The smallest absolute Gasteiger partial charge is 0.134 e. The maximum atomic E-state index is 6.23. The van der Waals surface area contributed by atoms with E-state index in [-0.39, 0.29) is 6.10 Å². The summed E-state index contributed by atoms with van der Waals surface area (Å²) >= 11 is 5.33. The van der Waals surface area contributed by atoms with Crippen LogP contribution < -0.4 is 4.74 Å². The third-order valence-corrected chi connectivity index (χ3v) is 4.94. The van der Waals surface area contributed by atoms with Gasteiger partial charge in [-0.05, 0) is 58.8 Å². The Labute approximate surface area is 121 Å². The fraction of sp³-hybridized carbons (Fsp3) is 0.333. The molecule has 0 aliphatic heterocycles. The van der Waals surface area contributed by atoms with Gasteiger partial charge in [-0.15, -0.1) is 11.3 Å². The normalized spacial score (nSPS) is 12.4. The number of ether oxygens (including phenoxy) is 1. The number of hydrogen-bond acceptors (Lipinski definition) is 2. The molecule has 0 fully saturated rings. The zero-order chi connectivity index (χ0) is 13.1. The van der Waals surface area contributed by atoms with Crippen LogP contribution >= 0.6 is 27.3 Å².